The molecule has 0 atom stereocenters. The average Bonchev–Trinajstić information content (AvgIpc) is 2.44. The van der Waals surface area contributed by atoms with Gasteiger partial charge in [0.15, 0.2) is 5.78 Å². The molecule has 5 saturated carbocycles. The molecule has 4 bridgehead atoms. The third kappa shape index (κ3) is 2.34. The molecule has 0 aliphatic heterocycles. The van der Waals surface area contributed by atoms with Crippen LogP contribution in [0.5, 0.6) is 0 Å². The van der Waals surface area contributed by atoms with Crippen LogP contribution in [0.15, 0.2) is 0 Å². The molecule has 5 aliphatic carbocycles. The van der Waals surface area contributed by atoms with Gasteiger partial charge in [-0.15, -0.1) is 0 Å². The van der Waals surface area contributed by atoms with E-state index in [0.29, 0.717) is 5.78 Å². The van der Waals surface area contributed by atoms with Crippen LogP contribution < -0.4 is 5.32 Å². The zero-order valence-corrected chi connectivity index (χ0v) is 12.8. The Labute approximate surface area is 123 Å². The van der Waals surface area contributed by atoms with E-state index in [0.717, 1.165) is 30.3 Å². The molecular weight excluding hydrogens is 246 g/mol. The number of rotatable bonds is 4. The van der Waals surface area contributed by atoms with Crippen molar-refractivity contribution in [3.05, 3.63) is 0 Å². The third-order valence-corrected chi connectivity index (χ3v) is 6.92. The first kappa shape index (κ1) is 13.3. The van der Waals surface area contributed by atoms with Crippen LogP contribution >= 0.6 is 0 Å². The molecular formula is C18H30NO+. The Balaban J connectivity index is 1.38. The van der Waals surface area contributed by atoms with Crippen molar-refractivity contribution in [1.82, 2.24) is 0 Å². The van der Waals surface area contributed by atoms with Gasteiger partial charge >= 0.3 is 0 Å². The van der Waals surface area contributed by atoms with Crippen LogP contribution in [0.3, 0.4) is 0 Å². The molecule has 5 aliphatic rings. The van der Waals surface area contributed by atoms with E-state index in [1.807, 2.05) is 0 Å². The lowest BCUT2D eigenvalue weighted by Crippen LogP contribution is -2.92. The lowest BCUT2D eigenvalue weighted by Gasteiger charge is -2.55. The van der Waals surface area contributed by atoms with Crippen LogP contribution in [0.1, 0.15) is 70.6 Å². The summed E-state index contributed by atoms with van der Waals surface area (Å²) < 4.78 is 0. The number of ketones is 1. The molecule has 2 heteroatoms. The first-order valence-corrected chi connectivity index (χ1v) is 9.10. The van der Waals surface area contributed by atoms with Gasteiger partial charge in [0.25, 0.3) is 0 Å². The monoisotopic (exact) mass is 276 g/mol. The van der Waals surface area contributed by atoms with Crippen molar-refractivity contribution in [3.63, 3.8) is 0 Å². The van der Waals surface area contributed by atoms with Crippen LogP contribution in [0, 0.1) is 23.2 Å². The lowest BCUT2D eigenvalue weighted by molar-refractivity contribution is -0.682. The molecule has 2 N–H and O–H groups in total. The highest BCUT2D eigenvalue weighted by molar-refractivity contribution is 5.86. The number of carbonyl (C=O) groups excluding carboxylic acids is 1. The summed E-state index contributed by atoms with van der Waals surface area (Å²) in [7, 11) is 0. The minimum absolute atomic E-state index is 0.139. The number of nitrogens with two attached hydrogens (primary N) is 1. The van der Waals surface area contributed by atoms with Crippen molar-refractivity contribution < 1.29 is 10.1 Å². The first-order chi connectivity index (χ1) is 9.73. The van der Waals surface area contributed by atoms with Crippen LogP contribution in [0.2, 0.25) is 0 Å². The van der Waals surface area contributed by atoms with Crippen molar-refractivity contribution in [2.24, 2.45) is 23.2 Å². The molecule has 0 amide bonds. The van der Waals surface area contributed by atoms with Gasteiger partial charge in [0, 0.05) is 5.41 Å². The summed E-state index contributed by atoms with van der Waals surface area (Å²) in [5.41, 5.74) is 0.139. The van der Waals surface area contributed by atoms with Crippen molar-refractivity contribution in [2.75, 3.05) is 6.54 Å². The van der Waals surface area contributed by atoms with E-state index < -0.39 is 0 Å². The van der Waals surface area contributed by atoms with Gasteiger partial charge in [0.1, 0.15) is 6.54 Å². The average molecular weight is 276 g/mol. The van der Waals surface area contributed by atoms with Gasteiger partial charge in [-0.2, -0.15) is 0 Å². The molecule has 112 valence electrons. The van der Waals surface area contributed by atoms with Crippen molar-refractivity contribution in [3.8, 4) is 0 Å². The Morgan fingerprint density at radius 2 is 1.45 bits per heavy atom. The molecule has 0 saturated heterocycles. The van der Waals surface area contributed by atoms with E-state index in [2.05, 4.69) is 5.32 Å². The predicted molar refractivity (Wildman–Crippen MR) is 79.3 cm³/mol. The summed E-state index contributed by atoms with van der Waals surface area (Å²) >= 11 is 0. The maximum atomic E-state index is 12.9. The van der Waals surface area contributed by atoms with E-state index in [1.165, 1.54) is 70.6 Å². The third-order valence-electron chi connectivity index (χ3n) is 6.92. The van der Waals surface area contributed by atoms with Gasteiger partial charge in [-0.1, -0.05) is 6.42 Å². The molecule has 2 nitrogen and oxygen atoms in total. The maximum Gasteiger partial charge on any atom is 0.192 e. The van der Waals surface area contributed by atoms with Gasteiger partial charge in [-0.25, -0.2) is 0 Å². The fraction of sp³-hybridized carbons (Fsp3) is 0.944. The van der Waals surface area contributed by atoms with E-state index in [9.17, 15) is 4.79 Å². The van der Waals surface area contributed by atoms with Crippen molar-refractivity contribution >= 4 is 5.78 Å². The van der Waals surface area contributed by atoms with E-state index in [4.69, 9.17) is 0 Å². The van der Waals surface area contributed by atoms with Crippen LogP contribution in [0.4, 0.5) is 0 Å². The molecule has 0 spiro atoms. The maximum absolute atomic E-state index is 12.9. The minimum Gasteiger partial charge on any atom is -0.338 e. The Kier molecular flexibility index (Phi) is 3.41. The molecule has 5 rings (SSSR count). The lowest BCUT2D eigenvalue weighted by atomic mass is 9.48. The zero-order valence-electron chi connectivity index (χ0n) is 12.8. The highest BCUT2D eigenvalue weighted by Gasteiger charge is 2.54. The number of Topliss-reactive ketones (excluding diaryl/α,β-unsaturated/α-hetero) is 1. The van der Waals surface area contributed by atoms with Crippen LogP contribution in [-0.4, -0.2) is 18.4 Å². The smallest absolute Gasteiger partial charge is 0.192 e. The largest absolute Gasteiger partial charge is 0.338 e. The van der Waals surface area contributed by atoms with E-state index >= 15 is 0 Å². The minimum atomic E-state index is 0.139. The Morgan fingerprint density at radius 1 is 0.900 bits per heavy atom. The fourth-order valence-corrected chi connectivity index (χ4v) is 6.31. The number of hydrogen-bond donors (Lipinski definition) is 1. The van der Waals surface area contributed by atoms with E-state index in [1.54, 1.807) is 0 Å². The molecule has 0 aromatic rings. The van der Waals surface area contributed by atoms with Gasteiger partial charge in [-0.3, -0.25) is 4.79 Å². The quantitative estimate of drug-likeness (QED) is 0.841. The van der Waals surface area contributed by atoms with Crippen LogP contribution in [-0.2, 0) is 4.79 Å². The number of quaternary nitrogens is 1. The Hall–Kier alpha value is -0.370. The summed E-state index contributed by atoms with van der Waals surface area (Å²) in [5, 5.41) is 2.40. The standard InChI is InChI=1S/C18H29NO/c20-17(12-19-16-4-2-1-3-5-16)18-9-13-6-14(10-18)8-15(7-13)11-18/h13-16,19H,1-12H2/p+1. The summed E-state index contributed by atoms with van der Waals surface area (Å²) in [5.74, 6) is 3.34. The zero-order chi connectivity index (χ0) is 13.6. The van der Waals surface area contributed by atoms with Crippen molar-refractivity contribution in [2.45, 2.75) is 76.7 Å². The van der Waals surface area contributed by atoms with Gasteiger partial charge in [0.05, 0.1) is 6.04 Å². The molecule has 0 heterocycles. The molecule has 0 unspecified atom stereocenters. The summed E-state index contributed by atoms with van der Waals surface area (Å²) in [6, 6.07) is 0.751. The topological polar surface area (TPSA) is 33.7 Å². The second-order valence-electron chi connectivity index (χ2n) is 8.46. The summed E-state index contributed by atoms with van der Waals surface area (Å²) in [4.78, 5) is 12.9. The van der Waals surface area contributed by atoms with Crippen LogP contribution in [0.25, 0.3) is 0 Å². The molecule has 20 heavy (non-hydrogen) atoms. The molecule has 5 fully saturated rings. The molecule has 0 aromatic carbocycles. The first-order valence-electron chi connectivity index (χ1n) is 9.10. The number of carbonyl (C=O) groups is 1. The highest BCUT2D eigenvalue weighted by Crippen LogP contribution is 2.60. The molecule has 0 radical (unpaired) electrons. The normalized spacial score (nSPS) is 43.9. The second-order valence-corrected chi connectivity index (χ2v) is 8.46. The van der Waals surface area contributed by atoms with Gasteiger partial charge < -0.3 is 5.32 Å². The van der Waals surface area contributed by atoms with E-state index in [-0.39, 0.29) is 5.41 Å². The van der Waals surface area contributed by atoms with Crippen molar-refractivity contribution in [1.29, 1.82) is 0 Å². The molecule has 0 aromatic heterocycles. The SMILES string of the molecule is O=C(C[NH2+]C1CCCCC1)C12CC3CC(CC(C3)C1)C2. The summed E-state index contributed by atoms with van der Waals surface area (Å²) in [6.07, 6.45) is 14.9. The predicted octanol–water partition coefficient (Wildman–Crippen LogP) is 2.67. The van der Waals surface area contributed by atoms with Gasteiger partial charge in [-0.05, 0) is 82.0 Å². The fourth-order valence-electron chi connectivity index (χ4n) is 6.31. The summed E-state index contributed by atoms with van der Waals surface area (Å²) in [6.45, 7) is 0.789. The Morgan fingerprint density at radius 3 is 2.00 bits per heavy atom. The number of hydrogen-bond acceptors (Lipinski definition) is 1. The van der Waals surface area contributed by atoms with Gasteiger partial charge in [0.2, 0.25) is 0 Å². The Bertz CT molecular complexity index is 348. The highest BCUT2D eigenvalue weighted by atomic mass is 16.1. The second kappa shape index (κ2) is 5.12.